The minimum Gasteiger partial charge on any atom is -0.388 e. The molecule has 2 nitrogen and oxygen atoms in total. The van der Waals surface area contributed by atoms with Gasteiger partial charge < -0.3 is 10.8 Å². The van der Waals surface area contributed by atoms with E-state index in [1.54, 1.807) is 6.07 Å². The molecule has 3 N–H and O–H groups in total. The van der Waals surface area contributed by atoms with E-state index in [4.69, 9.17) is 5.73 Å². The summed E-state index contributed by atoms with van der Waals surface area (Å²) in [6, 6.07) is 4.25. The van der Waals surface area contributed by atoms with Crippen LogP contribution in [0.1, 0.15) is 25.5 Å². The maximum atomic E-state index is 13.0. The third kappa shape index (κ3) is 2.77. The second kappa shape index (κ2) is 4.60. The summed E-state index contributed by atoms with van der Waals surface area (Å²) in [5.74, 6) is -0.361. The molecular weight excluding hydrogens is 261 g/mol. The number of benzene rings is 1. The monoisotopic (exact) mass is 275 g/mol. The summed E-state index contributed by atoms with van der Waals surface area (Å²) < 4.78 is 13.7. The maximum Gasteiger partial charge on any atom is 0.123 e. The van der Waals surface area contributed by atoms with Crippen LogP contribution in [0.15, 0.2) is 22.7 Å². The highest BCUT2D eigenvalue weighted by atomic mass is 79.9. The maximum absolute atomic E-state index is 13.0. The van der Waals surface area contributed by atoms with E-state index in [1.165, 1.54) is 12.1 Å². The number of hydrogen-bond acceptors (Lipinski definition) is 2. The predicted octanol–water partition coefficient (Wildman–Crippen LogP) is 2.61. The molecular formula is C11H15BrFNO. The lowest BCUT2D eigenvalue weighted by atomic mass is 9.83. The summed E-state index contributed by atoms with van der Waals surface area (Å²) in [6.07, 6.45) is -0.785. The fraction of sp³-hybridized carbons (Fsp3) is 0.455. The molecule has 1 atom stereocenters. The van der Waals surface area contributed by atoms with Crippen molar-refractivity contribution >= 4 is 15.9 Å². The second-order valence-corrected chi connectivity index (χ2v) is 5.12. The van der Waals surface area contributed by atoms with Crippen LogP contribution in [-0.2, 0) is 0 Å². The first-order valence-electron chi connectivity index (χ1n) is 4.71. The van der Waals surface area contributed by atoms with E-state index in [-0.39, 0.29) is 5.82 Å². The summed E-state index contributed by atoms with van der Waals surface area (Å²) in [5.41, 5.74) is 5.62. The van der Waals surface area contributed by atoms with Gasteiger partial charge in [-0.1, -0.05) is 29.8 Å². The number of halogens is 2. The average Bonchev–Trinajstić information content (AvgIpc) is 2.20. The van der Waals surface area contributed by atoms with Crippen molar-refractivity contribution in [3.63, 3.8) is 0 Å². The van der Waals surface area contributed by atoms with Gasteiger partial charge in [-0.05, 0) is 23.8 Å². The highest BCUT2D eigenvalue weighted by molar-refractivity contribution is 9.10. The highest BCUT2D eigenvalue weighted by Crippen LogP contribution is 2.36. The molecule has 0 saturated carbocycles. The van der Waals surface area contributed by atoms with Crippen molar-refractivity contribution in [1.29, 1.82) is 0 Å². The number of rotatable bonds is 3. The second-order valence-electron chi connectivity index (χ2n) is 4.26. The highest BCUT2D eigenvalue weighted by Gasteiger charge is 2.29. The van der Waals surface area contributed by atoms with E-state index >= 15 is 0 Å². The van der Waals surface area contributed by atoms with E-state index in [9.17, 15) is 9.50 Å². The Morgan fingerprint density at radius 1 is 1.53 bits per heavy atom. The molecule has 0 fully saturated rings. The van der Waals surface area contributed by atoms with Crippen LogP contribution >= 0.6 is 15.9 Å². The third-order valence-corrected chi connectivity index (χ3v) is 3.24. The molecule has 1 unspecified atom stereocenters. The molecule has 0 aliphatic heterocycles. The lowest BCUT2D eigenvalue weighted by molar-refractivity contribution is 0.0547. The van der Waals surface area contributed by atoms with Crippen molar-refractivity contribution in [3.8, 4) is 0 Å². The zero-order chi connectivity index (χ0) is 11.6. The van der Waals surface area contributed by atoms with Gasteiger partial charge in [0.1, 0.15) is 5.82 Å². The normalized spacial score (nSPS) is 14.0. The number of aliphatic hydroxyl groups is 1. The van der Waals surface area contributed by atoms with Gasteiger partial charge in [-0.2, -0.15) is 0 Å². The molecule has 0 amide bonds. The molecule has 0 saturated heterocycles. The van der Waals surface area contributed by atoms with Gasteiger partial charge in [-0.3, -0.25) is 0 Å². The molecule has 0 heterocycles. The molecule has 84 valence electrons. The van der Waals surface area contributed by atoms with Gasteiger partial charge in [0, 0.05) is 16.4 Å². The SMILES string of the molecule is CC(C)(CN)C(O)c1cc(F)ccc1Br. The summed E-state index contributed by atoms with van der Waals surface area (Å²) in [4.78, 5) is 0. The van der Waals surface area contributed by atoms with Crippen molar-refractivity contribution in [2.45, 2.75) is 20.0 Å². The van der Waals surface area contributed by atoms with E-state index < -0.39 is 11.5 Å². The van der Waals surface area contributed by atoms with Crippen molar-refractivity contribution in [2.24, 2.45) is 11.1 Å². The summed E-state index contributed by atoms with van der Waals surface area (Å²) in [5, 5.41) is 10.1. The minimum absolute atomic E-state index is 0.330. The van der Waals surface area contributed by atoms with Crippen LogP contribution in [-0.4, -0.2) is 11.7 Å². The Balaban J connectivity index is 3.10. The Morgan fingerprint density at radius 3 is 2.67 bits per heavy atom. The van der Waals surface area contributed by atoms with Crippen molar-refractivity contribution in [2.75, 3.05) is 6.54 Å². The van der Waals surface area contributed by atoms with Gasteiger partial charge in [-0.25, -0.2) is 4.39 Å². The van der Waals surface area contributed by atoms with Gasteiger partial charge in [0.25, 0.3) is 0 Å². The fourth-order valence-electron chi connectivity index (χ4n) is 1.26. The van der Waals surface area contributed by atoms with E-state index in [2.05, 4.69) is 15.9 Å². The fourth-order valence-corrected chi connectivity index (χ4v) is 1.72. The van der Waals surface area contributed by atoms with Crippen molar-refractivity contribution in [1.82, 2.24) is 0 Å². The minimum atomic E-state index is -0.785. The number of aliphatic hydroxyl groups excluding tert-OH is 1. The summed E-state index contributed by atoms with van der Waals surface area (Å²) >= 11 is 3.29. The van der Waals surface area contributed by atoms with Gasteiger partial charge in [-0.15, -0.1) is 0 Å². The van der Waals surface area contributed by atoms with Crippen LogP contribution < -0.4 is 5.73 Å². The van der Waals surface area contributed by atoms with Crippen LogP contribution in [0.3, 0.4) is 0 Å². The smallest absolute Gasteiger partial charge is 0.123 e. The van der Waals surface area contributed by atoms with Gasteiger partial charge >= 0.3 is 0 Å². The molecule has 1 aromatic carbocycles. The van der Waals surface area contributed by atoms with Crippen molar-refractivity contribution in [3.05, 3.63) is 34.1 Å². The Labute approximate surface area is 97.4 Å². The molecule has 1 aromatic rings. The number of hydrogen-bond donors (Lipinski definition) is 2. The molecule has 1 rings (SSSR count). The molecule has 4 heteroatoms. The Hall–Kier alpha value is -0.450. The summed E-state index contributed by atoms with van der Waals surface area (Å²) in [7, 11) is 0. The first-order valence-corrected chi connectivity index (χ1v) is 5.51. The van der Waals surface area contributed by atoms with Gasteiger partial charge in [0.2, 0.25) is 0 Å². The van der Waals surface area contributed by atoms with E-state index in [0.29, 0.717) is 16.6 Å². The molecule has 0 aliphatic carbocycles. The van der Waals surface area contributed by atoms with Gasteiger partial charge in [0.15, 0.2) is 0 Å². The first-order chi connectivity index (χ1) is 6.88. The Morgan fingerprint density at radius 2 is 2.13 bits per heavy atom. The number of nitrogens with two attached hydrogens (primary N) is 1. The van der Waals surface area contributed by atoms with Crippen LogP contribution in [0, 0.1) is 11.2 Å². The molecule has 15 heavy (non-hydrogen) atoms. The standard InChI is InChI=1S/C11H15BrFNO/c1-11(2,6-14)10(15)8-5-7(13)3-4-9(8)12/h3-5,10,15H,6,14H2,1-2H3. The molecule has 0 aromatic heterocycles. The van der Waals surface area contributed by atoms with Crippen LogP contribution in [0.4, 0.5) is 4.39 Å². The molecule has 0 bridgehead atoms. The Kier molecular flexibility index (Phi) is 3.87. The Bertz CT molecular complexity index is 354. The molecule has 0 aliphatic rings. The molecule has 0 spiro atoms. The largest absolute Gasteiger partial charge is 0.388 e. The van der Waals surface area contributed by atoms with Crippen molar-refractivity contribution < 1.29 is 9.50 Å². The topological polar surface area (TPSA) is 46.2 Å². The third-order valence-electron chi connectivity index (χ3n) is 2.52. The van der Waals surface area contributed by atoms with Crippen LogP contribution in [0.25, 0.3) is 0 Å². The van der Waals surface area contributed by atoms with Crippen LogP contribution in [0.5, 0.6) is 0 Å². The van der Waals surface area contributed by atoms with E-state index in [1.807, 2.05) is 13.8 Å². The zero-order valence-electron chi connectivity index (χ0n) is 8.80. The van der Waals surface area contributed by atoms with Crippen LogP contribution in [0.2, 0.25) is 0 Å². The first kappa shape index (κ1) is 12.6. The van der Waals surface area contributed by atoms with Gasteiger partial charge in [0.05, 0.1) is 6.10 Å². The summed E-state index contributed by atoms with van der Waals surface area (Å²) in [6.45, 7) is 4.02. The predicted molar refractivity (Wildman–Crippen MR) is 61.9 cm³/mol. The average molecular weight is 276 g/mol. The zero-order valence-corrected chi connectivity index (χ0v) is 10.4. The lowest BCUT2D eigenvalue weighted by Crippen LogP contribution is -2.31. The lowest BCUT2D eigenvalue weighted by Gasteiger charge is -2.29. The molecule has 0 radical (unpaired) electrons. The van der Waals surface area contributed by atoms with E-state index in [0.717, 1.165) is 0 Å². The quantitative estimate of drug-likeness (QED) is 0.891.